The van der Waals surface area contributed by atoms with Crippen LogP contribution in [-0.4, -0.2) is 49.3 Å². The molecule has 1 fully saturated rings. The highest BCUT2D eigenvalue weighted by molar-refractivity contribution is 6.00. The maximum Gasteiger partial charge on any atom is 0.323 e. The van der Waals surface area contributed by atoms with Gasteiger partial charge in [-0.3, -0.25) is 14.5 Å². The normalized spacial score (nSPS) is 21.2. The number of rotatable bonds is 5. The molecule has 1 aliphatic heterocycles. The Bertz CT molecular complexity index is 515. The molecule has 0 bridgehead atoms. The van der Waals surface area contributed by atoms with Gasteiger partial charge in [0.2, 0.25) is 5.91 Å². The van der Waals surface area contributed by atoms with Crippen molar-refractivity contribution in [1.29, 1.82) is 0 Å². The molecule has 6 heteroatoms. The Balaban J connectivity index is 2.17. The minimum absolute atomic E-state index is 0.0105. The van der Waals surface area contributed by atoms with Gasteiger partial charge < -0.3 is 15.2 Å². The van der Waals surface area contributed by atoms with Crippen molar-refractivity contribution in [3.63, 3.8) is 0 Å². The fraction of sp³-hybridized carbons (Fsp3) is 0.467. The highest BCUT2D eigenvalue weighted by Crippen LogP contribution is 2.19. The largest absolute Gasteiger partial charge is 0.480 e. The van der Waals surface area contributed by atoms with E-state index in [-0.39, 0.29) is 18.6 Å². The molecule has 1 saturated heterocycles. The number of aryl methyl sites for hydroxylation is 1. The van der Waals surface area contributed by atoms with Crippen LogP contribution in [-0.2, 0) is 14.3 Å². The van der Waals surface area contributed by atoms with E-state index in [1.165, 1.54) is 4.90 Å². The SMILES string of the molecule is COC1CNC(C(=O)N(CC(=O)O)c2ccc(C)cc2)C1. The van der Waals surface area contributed by atoms with E-state index in [0.717, 1.165) is 5.56 Å². The molecular weight excluding hydrogens is 272 g/mol. The van der Waals surface area contributed by atoms with E-state index in [1.807, 2.05) is 19.1 Å². The predicted octanol–water partition coefficient (Wildman–Crippen LogP) is 0.790. The molecule has 114 valence electrons. The molecule has 2 rings (SSSR count). The Hall–Kier alpha value is -1.92. The summed E-state index contributed by atoms with van der Waals surface area (Å²) in [6, 6.07) is 6.84. The Labute approximate surface area is 123 Å². The van der Waals surface area contributed by atoms with Crippen molar-refractivity contribution in [1.82, 2.24) is 5.32 Å². The molecule has 0 aromatic heterocycles. The van der Waals surface area contributed by atoms with Crippen LogP contribution in [0.3, 0.4) is 0 Å². The highest BCUT2D eigenvalue weighted by Gasteiger charge is 2.33. The molecule has 2 unspecified atom stereocenters. The second-order valence-corrected chi connectivity index (χ2v) is 5.21. The van der Waals surface area contributed by atoms with Crippen LogP contribution in [0.5, 0.6) is 0 Å². The average molecular weight is 292 g/mol. The van der Waals surface area contributed by atoms with Crippen LogP contribution in [0.15, 0.2) is 24.3 Å². The van der Waals surface area contributed by atoms with Crippen LogP contribution in [0.25, 0.3) is 0 Å². The standard InChI is InChI=1S/C15H20N2O4/c1-10-3-5-11(6-4-10)17(9-14(18)19)15(20)13-7-12(21-2)8-16-13/h3-6,12-13,16H,7-9H2,1-2H3,(H,18,19). The van der Waals surface area contributed by atoms with E-state index in [0.29, 0.717) is 18.7 Å². The van der Waals surface area contributed by atoms with Crippen LogP contribution in [0.2, 0.25) is 0 Å². The van der Waals surface area contributed by atoms with Gasteiger partial charge in [-0.1, -0.05) is 17.7 Å². The fourth-order valence-electron chi connectivity index (χ4n) is 2.42. The first-order valence-corrected chi connectivity index (χ1v) is 6.87. The maximum absolute atomic E-state index is 12.6. The lowest BCUT2D eigenvalue weighted by Crippen LogP contribution is -2.46. The lowest BCUT2D eigenvalue weighted by atomic mass is 10.1. The molecule has 1 aliphatic rings. The van der Waals surface area contributed by atoms with Crippen molar-refractivity contribution in [3.8, 4) is 0 Å². The van der Waals surface area contributed by atoms with E-state index < -0.39 is 12.0 Å². The molecule has 0 saturated carbocycles. The van der Waals surface area contributed by atoms with Gasteiger partial charge in [0.05, 0.1) is 12.1 Å². The molecule has 2 atom stereocenters. The number of hydrogen-bond acceptors (Lipinski definition) is 4. The van der Waals surface area contributed by atoms with Gasteiger partial charge in [0, 0.05) is 19.3 Å². The molecule has 0 radical (unpaired) electrons. The number of aliphatic carboxylic acids is 1. The van der Waals surface area contributed by atoms with Crippen LogP contribution in [0.4, 0.5) is 5.69 Å². The van der Waals surface area contributed by atoms with Crippen LogP contribution in [0, 0.1) is 6.92 Å². The summed E-state index contributed by atoms with van der Waals surface area (Å²) in [6.07, 6.45) is 0.542. The molecule has 1 aromatic rings. The Morgan fingerprint density at radius 2 is 2.05 bits per heavy atom. The zero-order chi connectivity index (χ0) is 15.4. The summed E-state index contributed by atoms with van der Waals surface area (Å²) in [5, 5.41) is 12.1. The molecule has 6 nitrogen and oxygen atoms in total. The van der Waals surface area contributed by atoms with E-state index in [2.05, 4.69) is 5.32 Å². The van der Waals surface area contributed by atoms with Gasteiger partial charge >= 0.3 is 5.97 Å². The van der Waals surface area contributed by atoms with Crippen molar-refractivity contribution >= 4 is 17.6 Å². The third-order valence-electron chi connectivity index (χ3n) is 3.63. The first kappa shape index (κ1) is 15.5. The number of carboxylic acid groups (broad SMARTS) is 1. The topological polar surface area (TPSA) is 78.9 Å². The summed E-state index contributed by atoms with van der Waals surface area (Å²) in [5.41, 5.74) is 1.65. The number of carbonyl (C=O) groups is 2. The second kappa shape index (κ2) is 6.69. The molecule has 0 aliphatic carbocycles. The Morgan fingerprint density at radius 1 is 1.38 bits per heavy atom. The van der Waals surface area contributed by atoms with Gasteiger partial charge in [0.1, 0.15) is 6.54 Å². The quantitative estimate of drug-likeness (QED) is 0.839. The summed E-state index contributed by atoms with van der Waals surface area (Å²) >= 11 is 0. The summed E-state index contributed by atoms with van der Waals surface area (Å²) in [5.74, 6) is -1.27. The number of nitrogens with one attached hydrogen (secondary N) is 1. The number of nitrogens with zero attached hydrogens (tertiary/aromatic N) is 1. The number of ether oxygens (including phenoxy) is 1. The van der Waals surface area contributed by atoms with Gasteiger partial charge in [0.15, 0.2) is 0 Å². The van der Waals surface area contributed by atoms with Crippen LogP contribution in [0.1, 0.15) is 12.0 Å². The lowest BCUT2D eigenvalue weighted by Gasteiger charge is -2.24. The second-order valence-electron chi connectivity index (χ2n) is 5.21. The first-order chi connectivity index (χ1) is 10.0. The van der Waals surface area contributed by atoms with Crippen molar-refractivity contribution in [3.05, 3.63) is 29.8 Å². The van der Waals surface area contributed by atoms with Crippen molar-refractivity contribution in [2.75, 3.05) is 25.1 Å². The molecule has 1 heterocycles. The summed E-state index contributed by atoms with van der Waals surface area (Å²) in [7, 11) is 1.61. The zero-order valence-corrected chi connectivity index (χ0v) is 12.2. The number of methoxy groups -OCH3 is 1. The van der Waals surface area contributed by atoms with Gasteiger partial charge in [-0.05, 0) is 25.5 Å². The number of hydrogen-bond donors (Lipinski definition) is 2. The fourth-order valence-corrected chi connectivity index (χ4v) is 2.42. The Morgan fingerprint density at radius 3 is 2.57 bits per heavy atom. The lowest BCUT2D eigenvalue weighted by molar-refractivity contribution is -0.136. The maximum atomic E-state index is 12.6. The number of carbonyl (C=O) groups excluding carboxylic acids is 1. The monoisotopic (exact) mass is 292 g/mol. The number of carboxylic acids is 1. The molecule has 1 aromatic carbocycles. The highest BCUT2D eigenvalue weighted by atomic mass is 16.5. The summed E-state index contributed by atoms with van der Waals surface area (Å²) in [4.78, 5) is 24.9. The summed E-state index contributed by atoms with van der Waals surface area (Å²) in [6.45, 7) is 2.19. The zero-order valence-electron chi connectivity index (χ0n) is 12.2. The molecule has 0 spiro atoms. The van der Waals surface area contributed by atoms with Gasteiger partial charge in [-0.2, -0.15) is 0 Å². The third kappa shape index (κ3) is 3.80. The molecule has 2 N–H and O–H groups in total. The van der Waals surface area contributed by atoms with Crippen LogP contribution >= 0.6 is 0 Å². The van der Waals surface area contributed by atoms with E-state index in [1.54, 1.807) is 19.2 Å². The summed E-state index contributed by atoms with van der Waals surface area (Å²) < 4.78 is 5.22. The third-order valence-corrected chi connectivity index (χ3v) is 3.63. The molecule has 1 amide bonds. The van der Waals surface area contributed by atoms with Crippen molar-refractivity contribution < 1.29 is 19.4 Å². The first-order valence-electron chi connectivity index (χ1n) is 6.87. The van der Waals surface area contributed by atoms with Crippen molar-refractivity contribution in [2.24, 2.45) is 0 Å². The minimum atomic E-state index is -1.04. The van der Waals surface area contributed by atoms with Gasteiger partial charge in [-0.25, -0.2) is 0 Å². The van der Waals surface area contributed by atoms with Gasteiger partial charge in [0.25, 0.3) is 0 Å². The van der Waals surface area contributed by atoms with E-state index in [4.69, 9.17) is 9.84 Å². The minimum Gasteiger partial charge on any atom is -0.480 e. The van der Waals surface area contributed by atoms with Crippen molar-refractivity contribution in [2.45, 2.75) is 25.5 Å². The Kier molecular flexibility index (Phi) is 4.93. The average Bonchev–Trinajstić information content (AvgIpc) is 2.94. The van der Waals surface area contributed by atoms with Crippen LogP contribution < -0.4 is 10.2 Å². The number of anilines is 1. The molecular formula is C15H20N2O4. The number of benzene rings is 1. The predicted molar refractivity (Wildman–Crippen MR) is 78.4 cm³/mol. The smallest absolute Gasteiger partial charge is 0.323 e. The molecule has 21 heavy (non-hydrogen) atoms. The van der Waals surface area contributed by atoms with E-state index in [9.17, 15) is 9.59 Å². The van der Waals surface area contributed by atoms with Gasteiger partial charge in [-0.15, -0.1) is 0 Å². The van der Waals surface area contributed by atoms with E-state index >= 15 is 0 Å². The number of amides is 1.